The van der Waals surface area contributed by atoms with Gasteiger partial charge in [-0.3, -0.25) is 0 Å². The fraction of sp³-hybridized carbons (Fsp3) is 1.00. The van der Waals surface area contributed by atoms with Crippen LogP contribution >= 0.6 is 11.8 Å². The topological polar surface area (TPSA) is 20.2 Å². The third kappa shape index (κ3) is 3.67. The van der Waals surface area contributed by atoms with Crippen molar-refractivity contribution in [3.05, 3.63) is 0 Å². The summed E-state index contributed by atoms with van der Waals surface area (Å²) in [5.41, 5.74) is -0.275. The first-order chi connectivity index (χ1) is 7.29. The number of rotatable bonds is 3. The molecule has 0 bridgehead atoms. The molecule has 0 aromatic rings. The van der Waals surface area contributed by atoms with Gasteiger partial charge in [-0.05, 0) is 55.9 Å². The summed E-state index contributed by atoms with van der Waals surface area (Å²) < 4.78 is 0. The van der Waals surface area contributed by atoms with Crippen LogP contribution in [0, 0.1) is 5.92 Å². The lowest BCUT2D eigenvalue weighted by molar-refractivity contribution is -0.00917. The maximum atomic E-state index is 10.4. The molecule has 0 amide bonds. The first-order valence-corrected chi connectivity index (χ1v) is 7.74. The molecular formula is C13H24OS. The van der Waals surface area contributed by atoms with Crippen LogP contribution in [0.1, 0.15) is 57.8 Å². The molecule has 1 saturated carbocycles. The zero-order valence-corrected chi connectivity index (χ0v) is 10.5. The van der Waals surface area contributed by atoms with Gasteiger partial charge in [0.1, 0.15) is 0 Å². The molecule has 1 nitrogen and oxygen atoms in total. The van der Waals surface area contributed by atoms with Gasteiger partial charge in [0.2, 0.25) is 0 Å². The minimum atomic E-state index is -0.275. The molecule has 88 valence electrons. The molecule has 0 radical (unpaired) electrons. The van der Waals surface area contributed by atoms with E-state index in [2.05, 4.69) is 11.8 Å². The van der Waals surface area contributed by atoms with E-state index in [0.29, 0.717) is 0 Å². The molecule has 1 heterocycles. The fourth-order valence-corrected chi connectivity index (χ4v) is 4.17. The van der Waals surface area contributed by atoms with Gasteiger partial charge in [0, 0.05) is 0 Å². The Labute approximate surface area is 98.0 Å². The molecule has 2 heteroatoms. The molecule has 2 rings (SSSR count). The van der Waals surface area contributed by atoms with Crippen LogP contribution < -0.4 is 0 Å². The summed E-state index contributed by atoms with van der Waals surface area (Å²) in [4.78, 5) is 0. The average Bonchev–Trinajstić information content (AvgIpc) is 2.29. The van der Waals surface area contributed by atoms with Crippen LogP contribution in [0.4, 0.5) is 0 Å². The van der Waals surface area contributed by atoms with Crippen LogP contribution in [0.15, 0.2) is 0 Å². The highest BCUT2D eigenvalue weighted by Crippen LogP contribution is 2.35. The summed E-state index contributed by atoms with van der Waals surface area (Å²) in [5.74, 6) is 3.61. The van der Waals surface area contributed by atoms with Crippen molar-refractivity contribution in [2.45, 2.75) is 63.4 Å². The zero-order valence-electron chi connectivity index (χ0n) is 9.71. The predicted octanol–water partition coefficient (Wildman–Crippen LogP) is 3.61. The number of hydrogen-bond acceptors (Lipinski definition) is 2. The van der Waals surface area contributed by atoms with Crippen LogP contribution in [0.2, 0.25) is 0 Å². The van der Waals surface area contributed by atoms with Crippen LogP contribution in [0.3, 0.4) is 0 Å². The molecule has 1 N–H and O–H groups in total. The summed E-state index contributed by atoms with van der Waals surface area (Å²) in [7, 11) is 0. The zero-order chi connectivity index (χ0) is 10.6. The Hall–Kier alpha value is 0.310. The number of aliphatic hydroxyl groups is 1. The number of hydrogen-bond donors (Lipinski definition) is 1. The maximum Gasteiger partial charge on any atom is 0.0648 e. The second-order valence-corrected chi connectivity index (χ2v) is 6.60. The van der Waals surface area contributed by atoms with Gasteiger partial charge in [0.25, 0.3) is 0 Å². The highest BCUT2D eigenvalue weighted by molar-refractivity contribution is 7.99. The van der Waals surface area contributed by atoms with E-state index in [1.165, 1.54) is 50.0 Å². The van der Waals surface area contributed by atoms with Crippen molar-refractivity contribution in [3.63, 3.8) is 0 Å². The Balaban J connectivity index is 1.70. The Morgan fingerprint density at radius 2 is 1.73 bits per heavy atom. The largest absolute Gasteiger partial charge is 0.390 e. The van der Waals surface area contributed by atoms with E-state index in [9.17, 15) is 5.11 Å². The van der Waals surface area contributed by atoms with E-state index in [-0.39, 0.29) is 5.60 Å². The van der Waals surface area contributed by atoms with Gasteiger partial charge in [-0.25, -0.2) is 0 Å². The van der Waals surface area contributed by atoms with Crippen LogP contribution in [-0.4, -0.2) is 22.2 Å². The van der Waals surface area contributed by atoms with Gasteiger partial charge >= 0.3 is 0 Å². The van der Waals surface area contributed by atoms with Crippen molar-refractivity contribution in [1.82, 2.24) is 0 Å². The molecule has 1 aliphatic heterocycles. The second kappa shape index (κ2) is 5.58. The highest BCUT2D eigenvalue weighted by Gasteiger charge is 2.29. The monoisotopic (exact) mass is 228 g/mol. The molecule has 0 aromatic carbocycles. The molecule has 1 aliphatic carbocycles. The lowest BCUT2D eigenvalue weighted by Gasteiger charge is -2.34. The first kappa shape index (κ1) is 11.8. The van der Waals surface area contributed by atoms with Crippen LogP contribution in [0.5, 0.6) is 0 Å². The molecule has 1 saturated heterocycles. The Morgan fingerprint density at radius 3 is 2.40 bits per heavy atom. The van der Waals surface area contributed by atoms with Gasteiger partial charge in [-0.15, -0.1) is 0 Å². The Kier molecular flexibility index (Phi) is 4.39. The van der Waals surface area contributed by atoms with Crippen LogP contribution in [-0.2, 0) is 0 Å². The summed E-state index contributed by atoms with van der Waals surface area (Å²) in [6, 6.07) is 0. The average molecular weight is 228 g/mol. The quantitative estimate of drug-likeness (QED) is 0.796. The molecular weight excluding hydrogens is 204 g/mol. The van der Waals surface area contributed by atoms with Gasteiger partial charge in [0.15, 0.2) is 0 Å². The van der Waals surface area contributed by atoms with Crippen molar-refractivity contribution >= 4 is 11.8 Å². The predicted molar refractivity (Wildman–Crippen MR) is 67.3 cm³/mol. The van der Waals surface area contributed by atoms with E-state index < -0.39 is 0 Å². The van der Waals surface area contributed by atoms with Crippen molar-refractivity contribution < 1.29 is 5.11 Å². The third-order valence-corrected chi connectivity index (χ3v) is 5.19. The lowest BCUT2D eigenvalue weighted by atomic mass is 9.79. The van der Waals surface area contributed by atoms with Gasteiger partial charge in [-0.2, -0.15) is 11.8 Å². The van der Waals surface area contributed by atoms with E-state index in [1.54, 1.807) is 0 Å². The van der Waals surface area contributed by atoms with Crippen molar-refractivity contribution in [1.29, 1.82) is 0 Å². The van der Waals surface area contributed by atoms with E-state index in [0.717, 1.165) is 25.2 Å². The minimum absolute atomic E-state index is 0.275. The highest BCUT2D eigenvalue weighted by atomic mass is 32.2. The van der Waals surface area contributed by atoms with Crippen molar-refractivity contribution in [3.8, 4) is 0 Å². The molecule has 0 unspecified atom stereocenters. The lowest BCUT2D eigenvalue weighted by Crippen LogP contribution is -2.32. The standard InChI is InChI=1S/C13H24OS/c14-13(7-2-1-3-8-13)9-4-12-5-10-15-11-6-12/h12,14H,1-11H2. The Morgan fingerprint density at radius 1 is 1.07 bits per heavy atom. The Bertz CT molecular complexity index is 181. The maximum absolute atomic E-state index is 10.4. The molecule has 15 heavy (non-hydrogen) atoms. The minimum Gasteiger partial charge on any atom is -0.390 e. The summed E-state index contributed by atoms with van der Waals surface area (Å²) in [6.45, 7) is 0. The fourth-order valence-electron chi connectivity index (χ4n) is 2.97. The molecule has 0 atom stereocenters. The summed E-state index contributed by atoms with van der Waals surface area (Å²) in [5, 5.41) is 10.4. The molecule has 0 spiro atoms. The van der Waals surface area contributed by atoms with Gasteiger partial charge < -0.3 is 5.11 Å². The SMILES string of the molecule is OC1(CCC2CCSCC2)CCCCC1. The van der Waals surface area contributed by atoms with E-state index >= 15 is 0 Å². The van der Waals surface area contributed by atoms with Crippen molar-refractivity contribution in [2.24, 2.45) is 5.92 Å². The molecule has 2 aliphatic rings. The van der Waals surface area contributed by atoms with Gasteiger partial charge in [0.05, 0.1) is 5.60 Å². The number of thioether (sulfide) groups is 1. The van der Waals surface area contributed by atoms with Crippen LogP contribution in [0.25, 0.3) is 0 Å². The molecule has 2 fully saturated rings. The third-order valence-electron chi connectivity index (χ3n) is 4.14. The van der Waals surface area contributed by atoms with E-state index in [4.69, 9.17) is 0 Å². The van der Waals surface area contributed by atoms with Crippen molar-refractivity contribution in [2.75, 3.05) is 11.5 Å². The smallest absolute Gasteiger partial charge is 0.0648 e. The second-order valence-electron chi connectivity index (χ2n) is 5.38. The van der Waals surface area contributed by atoms with Gasteiger partial charge in [-0.1, -0.05) is 19.3 Å². The summed E-state index contributed by atoms with van der Waals surface area (Å²) in [6.07, 6.45) is 11.1. The van der Waals surface area contributed by atoms with E-state index in [1.807, 2.05) is 0 Å². The first-order valence-electron chi connectivity index (χ1n) is 6.59. The molecule has 0 aromatic heterocycles. The normalized spacial score (nSPS) is 27.8. The summed E-state index contributed by atoms with van der Waals surface area (Å²) >= 11 is 2.10.